The summed E-state index contributed by atoms with van der Waals surface area (Å²) >= 11 is 0. The normalized spacial score (nSPS) is 19.5. The predicted molar refractivity (Wildman–Crippen MR) is 150 cm³/mol. The van der Waals surface area contributed by atoms with E-state index in [4.69, 9.17) is 4.74 Å². The summed E-state index contributed by atoms with van der Waals surface area (Å²) in [6, 6.07) is 14.2. The number of nitro benzene ring substituents is 1. The average Bonchev–Trinajstić information content (AvgIpc) is 3.57. The number of nitrogens with zero attached hydrogens (tertiary/aromatic N) is 3. The van der Waals surface area contributed by atoms with Crippen LogP contribution in [0, 0.1) is 57.1 Å². The Balaban J connectivity index is 1.81. The number of ether oxygens (including phenoxy) is 1. The van der Waals surface area contributed by atoms with Crippen molar-refractivity contribution in [2.75, 3.05) is 9.80 Å². The van der Waals surface area contributed by atoms with Gasteiger partial charge in [0.1, 0.15) is 5.41 Å². The van der Waals surface area contributed by atoms with Gasteiger partial charge in [-0.2, -0.15) is 0 Å². The second-order valence-corrected chi connectivity index (χ2v) is 11.4. The molecule has 0 saturated carbocycles. The van der Waals surface area contributed by atoms with Gasteiger partial charge in [0.15, 0.2) is 6.10 Å². The average molecular weight is 528 g/mol. The molecule has 202 valence electrons. The first-order valence-corrected chi connectivity index (χ1v) is 13.0. The van der Waals surface area contributed by atoms with Crippen molar-refractivity contribution in [3.05, 3.63) is 97.6 Å². The van der Waals surface area contributed by atoms with Gasteiger partial charge in [0, 0.05) is 12.1 Å². The molecule has 0 bridgehead atoms. The summed E-state index contributed by atoms with van der Waals surface area (Å²) in [4.78, 5) is 42.8. The molecule has 1 unspecified atom stereocenters. The van der Waals surface area contributed by atoms with E-state index in [2.05, 4.69) is 0 Å². The summed E-state index contributed by atoms with van der Waals surface area (Å²) in [5.41, 5.74) is 6.30. The molecule has 0 aromatic heterocycles. The van der Waals surface area contributed by atoms with Crippen LogP contribution < -0.4 is 9.80 Å². The molecule has 0 aliphatic carbocycles. The van der Waals surface area contributed by atoms with Gasteiger partial charge in [-0.15, -0.1) is 0 Å². The Labute approximate surface area is 228 Å². The highest BCUT2D eigenvalue weighted by atomic mass is 16.7. The zero-order valence-electron chi connectivity index (χ0n) is 23.6. The van der Waals surface area contributed by atoms with Crippen LogP contribution in [-0.4, -0.2) is 22.6 Å². The van der Waals surface area contributed by atoms with Crippen molar-refractivity contribution < 1.29 is 19.2 Å². The molecule has 0 N–H and O–H groups in total. The first-order chi connectivity index (χ1) is 18.2. The van der Waals surface area contributed by atoms with E-state index < -0.39 is 22.3 Å². The van der Waals surface area contributed by atoms with E-state index in [0.717, 1.165) is 33.4 Å². The molecule has 2 aliphatic heterocycles. The lowest BCUT2D eigenvalue weighted by Gasteiger charge is -2.49. The Kier molecular flexibility index (Phi) is 5.95. The van der Waals surface area contributed by atoms with E-state index in [1.54, 1.807) is 35.8 Å². The first kappa shape index (κ1) is 26.6. The van der Waals surface area contributed by atoms with Gasteiger partial charge in [0.2, 0.25) is 11.8 Å². The molecule has 2 saturated heterocycles. The van der Waals surface area contributed by atoms with E-state index in [9.17, 15) is 19.7 Å². The number of amides is 2. The van der Waals surface area contributed by atoms with Crippen molar-refractivity contribution in [2.45, 2.75) is 67.3 Å². The van der Waals surface area contributed by atoms with Gasteiger partial charge in [-0.1, -0.05) is 35.4 Å². The maximum Gasteiger partial charge on any atom is 0.269 e. The van der Waals surface area contributed by atoms with Crippen molar-refractivity contribution >= 4 is 28.9 Å². The zero-order valence-corrected chi connectivity index (χ0v) is 23.6. The number of benzene rings is 3. The highest BCUT2D eigenvalue weighted by molar-refractivity contribution is 6.21. The van der Waals surface area contributed by atoms with Crippen molar-refractivity contribution in [3.63, 3.8) is 0 Å². The molecule has 2 aliphatic rings. The van der Waals surface area contributed by atoms with Crippen LogP contribution in [0.1, 0.15) is 58.9 Å². The van der Waals surface area contributed by atoms with Crippen LogP contribution in [0.25, 0.3) is 0 Å². The van der Waals surface area contributed by atoms with Crippen LogP contribution in [0.3, 0.4) is 0 Å². The molecular weight excluding hydrogens is 494 g/mol. The second kappa shape index (κ2) is 8.74. The minimum atomic E-state index is -1.48. The Hall–Kier alpha value is -4.04. The molecule has 2 fully saturated rings. The maximum atomic E-state index is 14.3. The highest BCUT2D eigenvalue weighted by Crippen LogP contribution is 2.61. The Morgan fingerprint density at radius 1 is 0.744 bits per heavy atom. The minimum absolute atomic E-state index is 0.0467. The van der Waals surface area contributed by atoms with Crippen LogP contribution in [0.4, 0.5) is 17.1 Å². The topological polar surface area (TPSA) is 96.3 Å². The molecule has 1 spiro atoms. The van der Waals surface area contributed by atoms with Gasteiger partial charge in [-0.05, 0) is 95.3 Å². The maximum absolute atomic E-state index is 14.3. The van der Waals surface area contributed by atoms with E-state index in [-0.39, 0.29) is 17.5 Å². The van der Waals surface area contributed by atoms with E-state index >= 15 is 0 Å². The highest BCUT2D eigenvalue weighted by Gasteiger charge is 2.75. The Morgan fingerprint density at radius 3 is 1.49 bits per heavy atom. The number of carbonyl (C=O) groups is 2. The fourth-order valence-electron chi connectivity index (χ4n) is 6.15. The lowest BCUT2D eigenvalue weighted by molar-refractivity contribution is -0.384. The van der Waals surface area contributed by atoms with Crippen LogP contribution in [0.5, 0.6) is 0 Å². The summed E-state index contributed by atoms with van der Waals surface area (Å²) in [5, 5.41) is 11.3. The van der Waals surface area contributed by atoms with Crippen LogP contribution >= 0.6 is 0 Å². The number of carbonyl (C=O) groups excluding carboxylic acids is 2. The number of rotatable bonds is 4. The van der Waals surface area contributed by atoms with E-state index in [0.29, 0.717) is 16.9 Å². The van der Waals surface area contributed by atoms with Gasteiger partial charge < -0.3 is 4.74 Å². The second-order valence-electron chi connectivity index (χ2n) is 11.4. The first-order valence-electron chi connectivity index (χ1n) is 13.0. The molecule has 39 heavy (non-hydrogen) atoms. The van der Waals surface area contributed by atoms with Gasteiger partial charge in [0.05, 0.1) is 16.3 Å². The Bertz CT molecular complexity index is 1430. The molecular formula is C31H33N3O5. The Morgan fingerprint density at radius 2 is 1.13 bits per heavy atom. The quantitative estimate of drug-likeness (QED) is 0.172. The smallest absolute Gasteiger partial charge is 0.269 e. The summed E-state index contributed by atoms with van der Waals surface area (Å²) in [6.07, 6.45) is -0.720. The van der Waals surface area contributed by atoms with Gasteiger partial charge in [0.25, 0.3) is 11.5 Å². The van der Waals surface area contributed by atoms with E-state index in [1.165, 1.54) is 12.1 Å². The molecule has 5 rings (SSSR count). The van der Waals surface area contributed by atoms with Gasteiger partial charge in [-0.25, -0.2) is 0 Å². The largest absolute Gasteiger partial charge is 0.319 e. The van der Waals surface area contributed by atoms with Crippen LogP contribution in [-0.2, 0) is 14.3 Å². The van der Waals surface area contributed by atoms with Crippen molar-refractivity contribution in [1.29, 1.82) is 0 Å². The number of anilines is 2. The number of aryl methyl sites for hydroxylation is 6. The lowest BCUT2D eigenvalue weighted by Crippen LogP contribution is -2.70. The molecule has 8 heteroatoms. The molecule has 1 atom stereocenters. The number of hydrogen-bond acceptors (Lipinski definition) is 5. The van der Waals surface area contributed by atoms with E-state index in [1.807, 2.05) is 65.8 Å². The minimum Gasteiger partial charge on any atom is -0.319 e. The van der Waals surface area contributed by atoms with Crippen LogP contribution in [0.15, 0.2) is 48.5 Å². The number of nitro groups is 1. The summed E-state index contributed by atoms with van der Waals surface area (Å²) in [7, 11) is 0. The lowest BCUT2D eigenvalue weighted by atomic mass is 9.83. The molecule has 8 nitrogen and oxygen atoms in total. The summed E-state index contributed by atoms with van der Waals surface area (Å²) in [6.45, 7) is 15.1. The standard InChI is InChI=1S/C31H33N3O5/c1-17-13-19(3)25(20(4)14-17)32-28(35)30(7,8)29(36)33(26-21(5)15-18(2)16-22(26)6)31(32)27(39-31)23-9-11-24(12-10-23)34(37)38/h9-16,27H,1-8H3. The third-order valence-electron chi connectivity index (χ3n) is 7.82. The van der Waals surface area contributed by atoms with Gasteiger partial charge >= 0.3 is 0 Å². The summed E-state index contributed by atoms with van der Waals surface area (Å²) in [5.74, 6) is -2.19. The van der Waals surface area contributed by atoms with Gasteiger partial charge in [-0.3, -0.25) is 29.5 Å². The molecule has 3 aromatic rings. The molecule has 2 amide bonds. The number of epoxide rings is 1. The van der Waals surface area contributed by atoms with Crippen molar-refractivity contribution in [1.82, 2.24) is 0 Å². The predicted octanol–water partition coefficient (Wildman–Crippen LogP) is 6.28. The monoisotopic (exact) mass is 527 g/mol. The fraction of sp³-hybridized carbons (Fsp3) is 0.355. The third kappa shape index (κ3) is 3.85. The molecule has 0 radical (unpaired) electrons. The van der Waals surface area contributed by atoms with Crippen molar-refractivity contribution in [2.24, 2.45) is 5.41 Å². The molecule has 2 heterocycles. The molecule has 3 aromatic carbocycles. The fourth-order valence-corrected chi connectivity index (χ4v) is 6.15. The van der Waals surface area contributed by atoms with Crippen LogP contribution in [0.2, 0.25) is 0 Å². The third-order valence-corrected chi connectivity index (χ3v) is 7.82. The van der Waals surface area contributed by atoms with Crippen molar-refractivity contribution in [3.8, 4) is 0 Å². The SMILES string of the molecule is Cc1cc(C)c(N2C(=O)C(C)(C)C(=O)N(c3c(C)cc(C)cc3C)C23OC3c2ccc([N+](=O)[O-])cc2)c(C)c1. The number of hydrogen-bond donors (Lipinski definition) is 0. The number of non-ortho nitro benzene ring substituents is 1. The zero-order chi connectivity index (χ0) is 28.6. The summed E-state index contributed by atoms with van der Waals surface area (Å²) < 4.78 is 6.52.